The van der Waals surface area contributed by atoms with Gasteiger partial charge in [-0.15, -0.1) is 0 Å². The van der Waals surface area contributed by atoms with Crippen molar-refractivity contribution in [1.29, 1.82) is 0 Å². The molecule has 1 aromatic carbocycles. The van der Waals surface area contributed by atoms with E-state index in [-0.39, 0.29) is 18.9 Å². The summed E-state index contributed by atoms with van der Waals surface area (Å²) in [6, 6.07) is 7.53. The minimum Gasteiger partial charge on any atom is -0.497 e. The van der Waals surface area contributed by atoms with Crippen LogP contribution in [0.15, 0.2) is 36.5 Å². The molecule has 0 saturated heterocycles. The molecule has 0 aromatic heterocycles. The molecular formula is C15H22N2O5S. The van der Waals surface area contributed by atoms with Gasteiger partial charge in [0.25, 0.3) is 0 Å². The van der Waals surface area contributed by atoms with E-state index in [4.69, 9.17) is 4.74 Å². The zero-order valence-corrected chi connectivity index (χ0v) is 14.1. The topological polar surface area (TPSA) is 93.7 Å². The normalized spacial score (nSPS) is 11.4. The van der Waals surface area contributed by atoms with Crippen LogP contribution in [0.3, 0.4) is 0 Å². The minimum absolute atomic E-state index is 0.218. The molecule has 0 bridgehead atoms. The Morgan fingerprint density at radius 1 is 1.26 bits per heavy atom. The van der Waals surface area contributed by atoms with Gasteiger partial charge < -0.3 is 14.8 Å². The van der Waals surface area contributed by atoms with Gasteiger partial charge >= 0.3 is 5.97 Å². The Kier molecular flexibility index (Phi) is 8.14. The Bertz CT molecular complexity index is 611. The van der Waals surface area contributed by atoms with Gasteiger partial charge in [-0.1, -0.05) is 18.2 Å². The van der Waals surface area contributed by atoms with E-state index in [0.29, 0.717) is 6.54 Å². The van der Waals surface area contributed by atoms with Gasteiger partial charge in [0.15, 0.2) is 0 Å². The molecule has 1 aromatic rings. The third kappa shape index (κ3) is 8.22. The molecule has 128 valence electrons. The van der Waals surface area contributed by atoms with Gasteiger partial charge in [-0.2, -0.15) is 0 Å². The van der Waals surface area contributed by atoms with Crippen LogP contribution < -0.4 is 14.8 Å². The zero-order chi connectivity index (χ0) is 17.1. The van der Waals surface area contributed by atoms with Crippen molar-refractivity contribution in [3.8, 4) is 5.75 Å². The monoisotopic (exact) mass is 342 g/mol. The molecule has 0 spiro atoms. The summed E-state index contributed by atoms with van der Waals surface area (Å²) in [6.07, 6.45) is 3.03. The molecule has 23 heavy (non-hydrogen) atoms. The molecule has 0 fully saturated rings. The van der Waals surface area contributed by atoms with Crippen molar-refractivity contribution in [2.24, 2.45) is 0 Å². The second kappa shape index (κ2) is 9.86. The van der Waals surface area contributed by atoms with Crippen LogP contribution in [0.25, 0.3) is 0 Å². The number of hydrogen-bond acceptors (Lipinski definition) is 6. The van der Waals surface area contributed by atoms with Gasteiger partial charge in [0.2, 0.25) is 10.0 Å². The van der Waals surface area contributed by atoms with Gasteiger partial charge in [-0.25, -0.2) is 13.1 Å². The molecular weight excluding hydrogens is 320 g/mol. The molecule has 0 amide bonds. The Hall–Kier alpha value is -2.06. The first-order valence-corrected chi connectivity index (χ1v) is 8.76. The van der Waals surface area contributed by atoms with Crippen molar-refractivity contribution in [1.82, 2.24) is 10.0 Å². The van der Waals surface area contributed by atoms with E-state index in [0.717, 1.165) is 11.3 Å². The molecule has 8 heteroatoms. The Balaban J connectivity index is 2.30. The minimum atomic E-state index is -3.54. The molecule has 0 unspecified atom stereocenters. The zero-order valence-electron chi connectivity index (χ0n) is 13.2. The van der Waals surface area contributed by atoms with Gasteiger partial charge in [0, 0.05) is 6.54 Å². The number of rotatable bonds is 10. The van der Waals surface area contributed by atoms with Crippen LogP contribution >= 0.6 is 0 Å². The highest BCUT2D eigenvalue weighted by Gasteiger charge is 2.10. The lowest BCUT2D eigenvalue weighted by molar-refractivity contribution is -0.141. The molecule has 0 aliphatic carbocycles. The van der Waals surface area contributed by atoms with E-state index < -0.39 is 16.0 Å². The summed E-state index contributed by atoms with van der Waals surface area (Å²) < 4.78 is 35.1. The molecule has 0 heterocycles. The Morgan fingerprint density at radius 3 is 2.57 bits per heavy atom. The molecule has 0 radical (unpaired) electrons. The van der Waals surface area contributed by atoms with Crippen molar-refractivity contribution < 1.29 is 22.7 Å². The maximum Gasteiger partial charge on any atom is 0.320 e. The first-order chi connectivity index (χ1) is 11.0. The number of nitrogens with one attached hydrogen (secondary N) is 2. The Morgan fingerprint density at radius 2 is 1.96 bits per heavy atom. The number of carbonyl (C=O) groups is 1. The highest BCUT2D eigenvalue weighted by molar-refractivity contribution is 7.89. The first-order valence-electron chi connectivity index (χ1n) is 7.11. The summed E-state index contributed by atoms with van der Waals surface area (Å²) in [5, 5.41) is 2.99. The van der Waals surface area contributed by atoms with Gasteiger partial charge in [0.1, 0.15) is 12.3 Å². The van der Waals surface area contributed by atoms with Crippen molar-refractivity contribution in [2.45, 2.75) is 13.5 Å². The van der Waals surface area contributed by atoms with E-state index in [1.807, 2.05) is 24.3 Å². The predicted octanol–water partition coefficient (Wildman–Crippen LogP) is 0.781. The van der Waals surface area contributed by atoms with E-state index in [9.17, 15) is 13.2 Å². The quantitative estimate of drug-likeness (QED) is 0.610. The van der Waals surface area contributed by atoms with Crippen LogP contribution in [-0.4, -0.2) is 40.4 Å². The third-order valence-electron chi connectivity index (χ3n) is 2.76. The Labute approximate surface area is 136 Å². The highest BCUT2D eigenvalue weighted by atomic mass is 32.2. The third-order valence-corrected chi connectivity index (χ3v) is 3.97. The summed E-state index contributed by atoms with van der Waals surface area (Å²) in [5.41, 5.74) is 1.04. The number of carbonyl (C=O) groups excluding carboxylic acids is 1. The molecule has 0 aliphatic rings. The summed E-state index contributed by atoms with van der Waals surface area (Å²) in [4.78, 5) is 11.1. The number of methoxy groups -OCH3 is 1. The van der Waals surface area contributed by atoms with E-state index in [1.165, 1.54) is 6.08 Å². The van der Waals surface area contributed by atoms with Crippen LogP contribution in [0.2, 0.25) is 0 Å². The molecule has 1 rings (SSSR count). The van der Waals surface area contributed by atoms with E-state index in [2.05, 4.69) is 14.8 Å². The van der Waals surface area contributed by atoms with E-state index in [1.54, 1.807) is 20.2 Å². The fourth-order valence-corrected chi connectivity index (χ4v) is 2.42. The number of benzene rings is 1. The largest absolute Gasteiger partial charge is 0.497 e. The summed E-state index contributed by atoms with van der Waals surface area (Å²) in [5.74, 6) is -0.0390. The average molecular weight is 342 g/mol. The molecule has 2 N–H and O–H groups in total. The van der Waals surface area contributed by atoms with Crippen LogP contribution in [0, 0.1) is 0 Å². The summed E-state index contributed by atoms with van der Waals surface area (Å²) in [7, 11) is -1.94. The SMILES string of the molecule is CCOC(=O)CNS(=O)(=O)CC=CNCc1ccc(OC)cc1. The average Bonchev–Trinajstić information content (AvgIpc) is 2.53. The fourth-order valence-electron chi connectivity index (χ4n) is 1.62. The maximum absolute atomic E-state index is 11.6. The number of esters is 1. The van der Waals surface area contributed by atoms with Crippen LogP contribution in [0.4, 0.5) is 0 Å². The lowest BCUT2D eigenvalue weighted by atomic mass is 10.2. The number of hydrogen-bond donors (Lipinski definition) is 2. The second-order valence-corrected chi connectivity index (χ2v) is 6.39. The van der Waals surface area contributed by atoms with Crippen LogP contribution in [-0.2, 0) is 26.1 Å². The van der Waals surface area contributed by atoms with Crippen molar-refractivity contribution in [3.63, 3.8) is 0 Å². The summed E-state index contributed by atoms with van der Waals surface area (Å²) in [6.45, 7) is 2.08. The van der Waals surface area contributed by atoms with Gasteiger partial charge in [-0.3, -0.25) is 4.79 Å². The number of ether oxygens (including phenoxy) is 2. The molecule has 0 saturated carbocycles. The lowest BCUT2D eigenvalue weighted by Gasteiger charge is -2.05. The lowest BCUT2D eigenvalue weighted by Crippen LogP contribution is -2.32. The van der Waals surface area contributed by atoms with Crippen LogP contribution in [0.1, 0.15) is 12.5 Å². The number of sulfonamides is 1. The highest BCUT2D eigenvalue weighted by Crippen LogP contribution is 2.10. The maximum atomic E-state index is 11.6. The molecule has 0 aliphatic heterocycles. The van der Waals surface area contributed by atoms with Crippen molar-refractivity contribution >= 4 is 16.0 Å². The predicted molar refractivity (Wildman–Crippen MR) is 87.4 cm³/mol. The molecule has 0 atom stereocenters. The standard InChI is InChI=1S/C15H22N2O5S/c1-3-22-15(18)12-17-23(19,20)10-4-9-16-11-13-5-7-14(21-2)8-6-13/h4-9,16-17H,3,10-12H2,1-2H3. The van der Waals surface area contributed by atoms with Gasteiger partial charge in [0.05, 0.1) is 19.5 Å². The summed E-state index contributed by atoms with van der Waals surface area (Å²) >= 11 is 0. The second-order valence-electron chi connectivity index (χ2n) is 4.54. The van der Waals surface area contributed by atoms with Crippen molar-refractivity contribution in [3.05, 3.63) is 42.1 Å². The van der Waals surface area contributed by atoms with Gasteiger partial charge in [-0.05, 0) is 30.8 Å². The van der Waals surface area contributed by atoms with Crippen molar-refractivity contribution in [2.75, 3.05) is 26.0 Å². The first kappa shape index (κ1) is 19.0. The van der Waals surface area contributed by atoms with E-state index >= 15 is 0 Å². The van der Waals surface area contributed by atoms with Crippen LogP contribution in [0.5, 0.6) is 5.75 Å². The molecule has 7 nitrogen and oxygen atoms in total. The fraction of sp³-hybridized carbons (Fsp3) is 0.400. The smallest absolute Gasteiger partial charge is 0.320 e.